The Labute approximate surface area is 160 Å². The van der Waals surface area contributed by atoms with Gasteiger partial charge in [-0.25, -0.2) is 4.79 Å². The maximum atomic E-state index is 13.4. The van der Waals surface area contributed by atoms with Gasteiger partial charge in [0.25, 0.3) is 0 Å². The normalized spacial score (nSPS) is 36.5. The Morgan fingerprint density at radius 3 is 1.77 bits per heavy atom. The number of fused-ring (bicyclic) bond motifs is 2. The summed E-state index contributed by atoms with van der Waals surface area (Å²) >= 11 is 0. The molecule has 26 heavy (non-hydrogen) atoms. The van der Waals surface area contributed by atoms with E-state index in [1.54, 1.807) is 0 Å². The molecular weight excluding hydrogens is 322 g/mol. The lowest BCUT2D eigenvalue weighted by molar-refractivity contribution is -0.0712. The van der Waals surface area contributed by atoms with Crippen molar-refractivity contribution in [3.63, 3.8) is 0 Å². The zero-order valence-corrected chi connectivity index (χ0v) is 16.9. The monoisotopic (exact) mass is 361 g/mol. The molecule has 4 aliphatic carbocycles. The lowest BCUT2D eigenvalue weighted by atomic mass is 9.66. The van der Waals surface area contributed by atoms with Crippen LogP contribution in [0.2, 0.25) is 0 Å². The van der Waals surface area contributed by atoms with Gasteiger partial charge in [0, 0.05) is 12.1 Å². The molecule has 4 aliphatic rings. The van der Waals surface area contributed by atoms with Crippen molar-refractivity contribution in [2.75, 3.05) is 0 Å². The number of rotatable bonds is 3. The van der Waals surface area contributed by atoms with E-state index in [9.17, 15) is 4.79 Å². The average molecular weight is 362 g/mol. The van der Waals surface area contributed by atoms with Gasteiger partial charge < -0.3 is 9.64 Å². The number of amides is 1. The first kappa shape index (κ1) is 18.6. The number of carbonyl (C=O) groups excluding carboxylic acids is 1. The fourth-order valence-corrected chi connectivity index (χ4v) is 6.74. The quantitative estimate of drug-likeness (QED) is 0.578. The Balaban J connectivity index is 1.46. The molecule has 2 bridgehead atoms. The summed E-state index contributed by atoms with van der Waals surface area (Å²) in [5.74, 6) is 1.58. The maximum absolute atomic E-state index is 13.4. The van der Waals surface area contributed by atoms with Gasteiger partial charge in [0.05, 0.1) is 0 Å². The van der Waals surface area contributed by atoms with E-state index >= 15 is 0 Å². The molecule has 0 spiro atoms. The van der Waals surface area contributed by atoms with Crippen molar-refractivity contribution in [1.82, 2.24) is 4.90 Å². The van der Waals surface area contributed by atoms with Crippen molar-refractivity contribution in [2.45, 2.75) is 127 Å². The van der Waals surface area contributed by atoms with E-state index < -0.39 is 0 Å². The highest BCUT2D eigenvalue weighted by molar-refractivity contribution is 5.69. The molecule has 0 saturated heterocycles. The number of hydrogen-bond donors (Lipinski definition) is 0. The summed E-state index contributed by atoms with van der Waals surface area (Å²) in [5, 5.41) is 0. The predicted octanol–water partition coefficient (Wildman–Crippen LogP) is 6.45. The SMILES string of the molecule is CC1(OC(=O)N(C2CCCCC2)C2CCCCC2)CC2CCCC(C2)C1. The lowest BCUT2D eigenvalue weighted by Gasteiger charge is -2.47. The first-order valence-electron chi connectivity index (χ1n) is 11.6. The van der Waals surface area contributed by atoms with Gasteiger partial charge in [-0.2, -0.15) is 0 Å². The maximum Gasteiger partial charge on any atom is 0.410 e. The molecule has 0 aromatic rings. The summed E-state index contributed by atoms with van der Waals surface area (Å²) in [7, 11) is 0. The van der Waals surface area contributed by atoms with Crippen LogP contribution in [0.1, 0.15) is 110 Å². The minimum Gasteiger partial charge on any atom is -0.443 e. The van der Waals surface area contributed by atoms with Crippen molar-refractivity contribution in [3.05, 3.63) is 0 Å². The van der Waals surface area contributed by atoms with Gasteiger partial charge >= 0.3 is 6.09 Å². The molecule has 4 rings (SSSR count). The second kappa shape index (κ2) is 8.10. The van der Waals surface area contributed by atoms with Crippen LogP contribution in [0.3, 0.4) is 0 Å². The second-order valence-corrected chi connectivity index (χ2v) is 10.1. The molecule has 0 aliphatic heterocycles. The minimum atomic E-state index is -0.216. The molecule has 0 aromatic carbocycles. The van der Waals surface area contributed by atoms with Crippen LogP contribution in [0.25, 0.3) is 0 Å². The zero-order chi connectivity index (χ0) is 18.0. The third-order valence-corrected chi connectivity index (χ3v) is 7.81. The molecule has 3 nitrogen and oxygen atoms in total. The van der Waals surface area contributed by atoms with E-state index in [0.717, 1.165) is 24.7 Å². The Hall–Kier alpha value is -0.730. The lowest BCUT2D eigenvalue weighted by Crippen LogP contribution is -2.52. The Morgan fingerprint density at radius 2 is 1.27 bits per heavy atom. The summed E-state index contributed by atoms with van der Waals surface area (Å²) in [6.45, 7) is 2.23. The molecule has 2 unspecified atom stereocenters. The third kappa shape index (κ3) is 4.22. The molecule has 3 heteroatoms. The van der Waals surface area contributed by atoms with Gasteiger partial charge in [-0.15, -0.1) is 0 Å². The van der Waals surface area contributed by atoms with Crippen LogP contribution < -0.4 is 0 Å². The van der Waals surface area contributed by atoms with Crippen LogP contribution >= 0.6 is 0 Å². The smallest absolute Gasteiger partial charge is 0.410 e. The molecule has 4 saturated carbocycles. The molecule has 0 aromatic heterocycles. The highest BCUT2D eigenvalue weighted by Crippen LogP contribution is 2.46. The van der Waals surface area contributed by atoms with Gasteiger partial charge in [0.15, 0.2) is 0 Å². The molecule has 148 valence electrons. The number of carbonyl (C=O) groups is 1. The van der Waals surface area contributed by atoms with Gasteiger partial charge in [0.1, 0.15) is 5.60 Å². The van der Waals surface area contributed by atoms with Gasteiger partial charge in [-0.3, -0.25) is 0 Å². The number of ether oxygens (including phenoxy) is 1. The van der Waals surface area contributed by atoms with Crippen LogP contribution in [0.4, 0.5) is 4.79 Å². The molecule has 0 heterocycles. The highest BCUT2D eigenvalue weighted by atomic mass is 16.6. The predicted molar refractivity (Wildman–Crippen MR) is 105 cm³/mol. The summed E-state index contributed by atoms with van der Waals surface area (Å²) in [6.07, 6.45) is 20.2. The zero-order valence-electron chi connectivity index (χ0n) is 16.9. The van der Waals surface area contributed by atoms with Gasteiger partial charge in [0.2, 0.25) is 0 Å². The molecular formula is C23H39NO2. The molecule has 0 radical (unpaired) electrons. The van der Waals surface area contributed by atoms with Crippen LogP contribution in [0.5, 0.6) is 0 Å². The Bertz CT molecular complexity index is 449. The van der Waals surface area contributed by atoms with Gasteiger partial charge in [-0.05, 0) is 63.7 Å². The first-order valence-corrected chi connectivity index (χ1v) is 11.6. The standard InChI is InChI=1S/C23H39NO2/c1-23(16-18-9-8-10-19(15-18)17-23)26-22(25)24(20-11-4-2-5-12-20)21-13-6-3-7-14-21/h18-21H,2-17H2,1H3. The molecule has 1 amide bonds. The largest absolute Gasteiger partial charge is 0.443 e. The minimum absolute atomic E-state index is 0.0336. The second-order valence-electron chi connectivity index (χ2n) is 10.1. The fourth-order valence-electron chi connectivity index (χ4n) is 6.74. The summed E-state index contributed by atoms with van der Waals surface area (Å²) in [4.78, 5) is 15.7. The summed E-state index contributed by atoms with van der Waals surface area (Å²) in [5.41, 5.74) is -0.216. The highest BCUT2D eigenvalue weighted by Gasteiger charge is 2.44. The molecule has 2 atom stereocenters. The van der Waals surface area contributed by atoms with Crippen molar-refractivity contribution >= 4 is 6.09 Å². The van der Waals surface area contributed by atoms with Crippen LogP contribution in [-0.4, -0.2) is 28.7 Å². The Kier molecular flexibility index (Phi) is 5.81. The third-order valence-electron chi connectivity index (χ3n) is 7.81. The van der Waals surface area contributed by atoms with E-state index in [-0.39, 0.29) is 11.7 Å². The fraction of sp³-hybridized carbons (Fsp3) is 0.957. The van der Waals surface area contributed by atoms with E-state index in [1.165, 1.54) is 89.9 Å². The molecule has 4 fully saturated rings. The van der Waals surface area contributed by atoms with E-state index in [2.05, 4.69) is 11.8 Å². The van der Waals surface area contributed by atoms with Crippen molar-refractivity contribution < 1.29 is 9.53 Å². The topological polar surface area (TPSA) is 29.5 Å². The van der Waals surface area contributed by atoms with Crippen LogP contribution in [-0.2, 0) is 4.74 Å². The van der Waals surface area contributed by atoms with E-state index in [0.29, 0.717) is 12.1 Å². The van der Waals surface area contributed by atoms with Crippen LogP contribution in [0, 0.1) is 11.8 Å². The first-order chi connectivity index (χ1) is 12.6. The summed E-state index contributed by atoms with van der Waals surface area (Å²) in [6, 6.07) is 0.872. The summed E-state index contributed by atoms with van der Waals surface area (Å²) < 4.78 is 6.37. The van der Waals surface area contributed by atoms with Crippen molar-refractivity contribution in [1.29, 1.82) is 0 Å². The van der Waals surface area contributed by atoms with Gasteiger partial charge in [-0.1, -0.05) is 57.8 Å². The number of hydrogen-bond acceptors (Lipinski definition) is 2. The van der Waals surface area contributed by atoms with Crippen LogP contribution in [0.15, 0.2) is 0 Å². The van der Waals surface area contributed by atoms with E-state index in [1.807, 2.05) is 0 Å². The van der Waals surface area contributed by atoms with E-state index in [4.69, 9.17) is 4.74 Å². The van der Waals surface area contributed by atoms with Crippen molar-refractivity contribution in [3.8, 4) is 0 Å². The number of nitrogens with zero attached hydrogens (tertiary/aromatic N) is 1. The molecule has 0 N–H and O–H groups in total. The van der Waals surface area contributed by atoms with Crippen molar-refractivity contribution in [2.24, 2.45) is 11.8 Å². The average Bonchev–Trinajstić information content (AvgIpc) is 2.63. The Morgan fingerprint density at radius 1 is 0.769 bits per heavy atom.